The third-order valence-corrected chi connectivity index (χ3v) is 6.91. The van der Waals surface area contributed by atoms with Gasteiger partial charge in [-0.25, -0.2) is 4.98 Å². The highest BCUT2D eigenvalue weighted by atomic mass is 32.1. The molecular weight excluding hydrogens is 440 g/mol. The zero-order chi connectivity index (χ0) is 23.4. The van der Waals surface area contributed by atoms with Crippen LogP contribution in [0, 0.1) is 13.8 Å². The van der Waals surface area contributed by atoms with Crippen LogP contribution in [0.25, 0.3) is 10.2 Å². The van der Waals surface area contributed by atoms with E-state index in [9.17, 15) is 14.4 Å². The summed E-state index contributed by atoms with van der Waals surface area (Å²) >= 11 is 1.52. The summed E-state index contributed by atoms with van der Waals surface area (Å²) in [6, 6.07) is 7.41. The van der Waals surface area contributed by atoms with Crippen LogP contribution in [0.2, 0.25) is 0 Å². The maximum Gasteiger partial charge on any atom is 0.259 e. The minimum absolute atomic E-state index is 0.0740. The lowest BCUT2D eigenvalue weighted by atomic mass is 10.1. The van der Waals surface area contributed by atoms with Crippen LogP contribution in [0.1, 0.15) is 47.5 Å². The van der Waals surface area contributed by atoms with E-state index < -0.39 is 0 Å². The molecule has 0 spiro atoms. The molecule has 0 radical (unpaired) electrons. The van der Waals surface area contributed by atoms with Crippen LogP contribution in [-0.2, 0) is 27.3 Å². The van der Waals surface area contributed by atoms with E-state index in [4.69, 9.17) is 4.74 Å². The molecule has 1 atom stereocenters. The maximum absolute atomic E-state index is 12.4. The first-order valence-corrected chi connectivity index (χ1v) is 12.0. The number of aryl methyl sites for hydroxylation is 3. The summed E-state index contributed by atoms with van der Waals surface area (Å²) < 4.78 is 5.41. The highest BCUT2D eigenvalue weighted by molar-refractivity contribution is 7.18. The largest absolute Gasteiger partial charge is 0.368 e. The molecule has 1 fully saturated rings. The molecule has 4 rings (SSSR count). The van der Waals surface area contributed by atoms with Crippen LogP contribution in [0.3, 0.4) is 0 Å². The number of benzene rings is 1. The number of aromatic amines is 1. The molecule has 174 valence electrons. The summed E-state index contributed by atoms with van der Waals surface area (Å²) in [6.45, 7) is 4.91. The Bertz CT molecular complexity index is 1230. The number of amides is 2. The van der Waals surface area contributed by atoms with E-state index in [-0.39, 0.29) is 23.5 Å². The zero-order valence-corrected chi connectivity index (χ0v) is 19.6. The van der Waals surface area contributed by atoms with E-state index in [0.717, 1.165) is 33.7 Å². The Morgan fingerprint density at radius 3 is 2.94 bits per heavy atom. The Balaban J connectivity index is 1.25. The number of hydrogen-bond acceptors (Lipinski definition) is 6. The lowest BCUT2D eigenvalue weighted by molar-refractivity contribution is -0.124. The van der Waals surface area contributed by atoms with Crippen molar-refractivity contribution in [3.8, 4) is 0 Å². The molecule has 33 heavy (non-hydrogen) atoms. The molecule has 9 heteroatoms. The number of H-pyrrole nitrogens is 1. The van der Waals surface area contributed by atoms with Crippen LogP contribution in [0.5, 0.6) is 0 Å². The van der Waals surface area contributed by atoms with Gasteiger partial charge in [0.25, 0.3) is 11.5 Å². The summed E-state index contributed by atoms with van der Waals surface area (Å²) in [5.74, 6) is 0.401. The molecule has 1 saturated heterocycles. The van der Waals surface area contributed by atoms with E-state index in [1.54, 1.807) is 0 Å². The number of ether oxygens (including phenoxy) is 1. The lowest BCUT2D eigenvalue weighted by Crippen LogP contribution is -2.27. The minimum atomic E-state index is -0.383. The van der Waals surface area contributed by atoms with Gasteiger partial charge >= 0.3 is 0 Å². The van der Waals surface area contributed by atoms with Gasteiger partial charge in [-0.2, -0.15) is 0 Å². The van der Waals surface area contributed by atoms with Crippen LogP contribution in [0.4, 0.5) is 5.69 Å². The molecule has 1 aromatic carbocycles. The van der Waals surface area contributed by atoms with Gasteiger partial charge in [0, 0.05) is 36.6 Å². The van der Waals surface area contributed by atoms with Crippen molar-refractivity contribution < 1.29 is 14.3 Å². The number of aromatic nitrogens is 2. The molecule has 0 aliphatic carbocycles. The van der Waals surface area contributed by atoms with Crippen molar-refractivity contribution in [3.05, 3.63) is 56.4 Å². The SMILES string of the molecule is Cc1sc2nc(CCCC(=O)NCc3cccc(NC(=O)C4CCCO4)c3)[nH]c(=O)c2c1C. The fourth-order valence-electron chi connectivity index (χ4n) is 3.89. The van der Waals surface area contributed by atoms with Crippen LogP contribution in [-0.4, -0.2) is 34.5 Å². The molecule has 1 aliphatic rings. The summed E-state index contributed by atoms with van der Waals surface area (Å²) in [7, 11) is 0. The highest BCUT2D eigenvalue weighted by Gasteiger charge is 2.23. The number of nitrogens with zero attached hydrogens (tertiary/aromatic N) is 1. The van der Waals surface area contributed by atoms with Gasteiger partial charge in [-0.15, -0.1) is 11.3 Å². The van der Waals surface area contributed by atoms with Crippen molar-refractivity contribution in [1.82, 2.24) is 15.3 Å². The smallest absolute Gasteiger partial charge is 0.259 e. The topological polar surface area (TPSA) is 113 Å². The number of hydrogen-bond donors (Lipinski definition) is 3. The Kier molecular flexibility index (Phi) is 7.20. The maximum atomic E-state index is 12.4. The molecule has 1 aliphatic heterocycles. The van der Waals surface area contributed by atoms with Gasteiger partial charge in [0.2, 0.25) is 5.91 Å². The molecular formula is C24H28N4O4S. The number of carbonyl (C=O) groups excluding carboxylic acids is 2. The predicted octanol–water partition coefficient (Wildman–Crippen LogP) is 3.36. The first kappa shape index (κ1) is 23.1. The quantitative estimate of drug-likeness (QED) is 0.469. The number of anilines is 1. The van der Waals surface area contributed by atoms with Crippen LogP contribution >= 0.6 is 11.3 Å². The van der Waals surface area contributed by atoms with Gasteiger partial charge in [0.15, 0.2) is 0 Å². The van der Waals surface area contributed by atoms with Crippen molar-refractivity contribution in [3.63, 3.8) is 0 Å². The van der Waals surface area contributed by atoms with Crippen LogP contribution < -0.4 is 16.2 Å². The monoisotopic (exact) mass is 468 g/mol. The number of nitrogens with one attached hydrogen (secondary N) is 3. The fourth-order valence-corrected chi connectivity index (χ4v) is 4.94. The lowest BCUT2D eigenvalue weighted by Gasteiger charge is -2.12. The van der Waals surface area contributed by atoms with Crippen molar-refractivity contribution in [2.24, 2.45) is 0 Å². The predicted molar refractivity (Wildman–Crippen MR) is 129 cm³/mol. The fraction of sp³-hybridized carbons (Fsp3) is 0.417. The molecule has 3 heterocycles. The molecule has 0 saturated carbocycles. The van der Waals surface area contributed by atoms with Gasteiger partial charge in [-0.1, -0.05) is 12.1 Å². The molecule has 1 unspecified atom stereocenters. The first-order chi connectivity index (χ1) is 15.9. The summed E-state index contributed by atoms with van der Waals surface area (Å²) in [5, 5.41) is 6.44. The van der Waals surface area contributed by atoms with Gasteiger partial charge in [-0.05, 0) is 56.4 Å². The second-order valence-electron chi connectivity index (χ2n) is 8.30. The Morgan fingerprint density at radius 2 is 2.15 bits per heavy atom. The Morgan fingerprint density at radius 1 is 1.30 bits per heavy atom. The van der Waals surface area contributed by atoms with Gasteiger partial charge < -0.3 is 20.4 Å². The van der Waals surface area contributed by atoms with Gasteiger partial charge in [-0.3, -0.25) is 14.4 Å². The number of carbonyl (C=O) groups is 2. The van der Waals surface area contributed by atoms with E-state index in [1.165, 1.54) is 11.3 Å². The summed E-state index contributed by atoms with van der Waals surface area (Å²) in [4.78, 5) is 46.1. The van der Waals surface area contributed by atoms with Crippen LogP contribution in [0.15, 0.2) is 29.1 Å². The average Bonchev–Trinajstić information content (AvgIpc) is 3.41. The number of thiophene rings is 1. The number of rotatable bonds is 8. The molecule has 3 aromatic rings. The number of fused-ring (bicyclic) bond motifs is 1. The van der Waals surface area contributed by atoms with E-state index in [1.807, 2.05) is 38.1 Å². The van der Waals surface area contributed by atoms with Crippen molar-refractivity contribution in [1.29, 1.82) is 0 Å². The molecule has 8 nitrogen and oxygen atoms in total. The van der Waals surface area contributed by atoms with Crippen molar-refractivity contribution in [2.75, 3.05) is 11.9 Å². The van der Waals surface area contributed by atoms with E-state index >= 15 is 0 Å². The molecule has 3 N–H and O–H groups in total. The third-order valence-electron chi connectivity index (χ3n) is 5.81. The van der Waals surface area contributed by atoms with Gasteiger partial charge in [0.1, 0.15) is 16.8 Å². The van der Waals surface area contributed by atoms with Crippen molar-refractivity contribution in [2.45, 2.75) is 58.6 Å². The van der Waals surface area contributed by atoms with E-state index in [2.05, 4.69) is 20.6 Å². The van der Waals surface area contributed by atoms with E-state index in [0.29, 0.717) is 49.3 Å². The average molecular weight is 469 g/mol. The molecule has 2 amide bonds. The zero-order valence-electron chi connectivity index (χ0n) is 18.8. The van der Waals surface area contributed by atoms with Crippen molar-refractivity contribution >= 4 is 39.1 Å². The third kappa shape index (κ3) is 5.66. The standard InChI is InChI=1S/C24H28N4O4S/c1-14-15(2)33-24-21(14)23(31)27-19(28-24)9-4-10-20(29)25-13-16-6-3-7-17(12-16)26-22(30)18-8-5-11-32-18/h3,6-7,12,18H,4-5,8-11,13H2,1-2H3,(H,25,29)(H,26,30)(H,27,28,31). The summed E-state index contributed by atoms with van der Waals surface area (Å²) in [5.41, 5.74) is 2.44. The first-order valence-electron chi connectivity index (χ1n) is 11.2. The Labute approximate surface area is 195 Å². The molecule has 2 aromatic heterocycles. The second-order valence-corrected chi connectivity index (χ2v) is 9.50. The molecule has 0 bridgehead atoms. The minimum Gasteiger partial charge on any atom is -0.368 e. The highest BCUT2D eigenvalue weighted by Crippen LogP contribution is 2.25. The second kappa shape index (κ2) is 10.3. The Hall–Kier alpha value is -3.04. The normalized spacial score (nSPS) is 15.6. The summed E-state index contributed by atoms with van der Waals surface area (Å²) in [6.07, 6.45) is 2.70. The van der Waals surface area contributed by atoms with Gasteiger partial charge in [0.05, 0.1) is 5.39 Å².